The van der Waals surface area contributed by atoms with Crippen LogP contribution in [-0.4, -0.2) is 59.3 Å². The molecule has 0 aliphatic heterocycles. The molecule has 9 heteroatoms. The van der Waals surface area contributed by atoms with Crippen LogP contribution in [0.2, 0.25) is 0 Å². The van der Waals surface area contributed by atoms with Crippen LogP contribution >= 0.6 is 0 Å². The fraction of sp³-hybridized carbons (Fsp3) is 0.767. The lowest BCUT2D eigenvalue weighted by molar-refractivity contribution is -0.147. The Bertz CT molecular complexity index is 979. The predicted molar refractivity (Wildman–Crippen MR) is 213 cm³/mol. The molecule has 0 aliphatic carbocycles. The van der Waals surface area contributed by atoms with E-state index in [1.54, 1.807) is 0 Å². The lowest BCUT2D eigenvalue weighted by atomic mass is 10.1. The zero-order chi connectivity index (χ0) is 38.3. The molecule has 0 saturated carbocycles. The van der Waals surface area contributed by atoms with Crippen molar-refractivity contribution in [3.05, 3.63) is 36.5 Å². The SMILES string of the molecule is CCCCC/C=C\C/C=C\C(CCCCCCCCC(=O)NCC(=O)NC(CO)C(=O)O)OC(=O)CCCCCCC/C=C\CCCCCCCC. The number of ether oxygens (including phenoxy) is 1. The number of carbonyl (C=O) groups is 4. The maximum Gasteiger partial charge on any atom is 0.328 e. The van der Waals surface area contributed by atoms with E-state index in [4.69, 9.17) is 14.9 Å². The van der Waals surface area contributed by atoms with E-state index in [2.05, 4.69) is 60.9 Å². The van der Waals surface area contributed by atoms with Crippen LogP contribution in [0.3, 0.4) is 0 Å². The third-order valence-electron chi connectivity index (χ3n) is 9.09. The van der Waals surface area contributed by atoms with E-state index < -0.39 is 24.5 Å². The van der Waals surface area contributed by atoms with Crippen molar-refractivity contribution in [2.24, 2.45) is 0 Å². The number of esters is 1. The summed E-state index contributed by atoms with van der Waals surface area (Å²) in [7, 11) is 0. The fourth-order valence-corrected chi connectivity index (χ4v) is 5.83. The van der Waals surface area contributed by atoms with E-state index in [1.807, 2.05) is 0 Å². The smallest absolute Gasteiger partial charge is 0.328 e. The van der Waals surface area contributed by atoms with Gasteiger partial charge < -0.3 is 25.6 Å². The number of aliphatic hydroxyl groups is 1. The summed E-state index contributed by atoms with van der Waals surface area (Å²) in [5, 5.41) is 22.5. The summed E-state index contributed by atoms with van der Waals surface area (Å²) < 4.78 is 5.91. The summed E-state index contributed by atoms with van der Waals surface area (Å²) in [6, 6.07) is -1.38. The number of allylic oxidation sites excluding steroid dienone is 5. The van der Waals surface area contributed by atoms with Gasteiger partial charge in [0.1, 0.15) is 12.1 Å². The van der Waals surface area contributed by atoms with Gasteiger partial charge in [0.15, 0.2) is 0 Å². The maximum absolute atomic E-state index is 12.7. The largest absolute Gasteiger partial charge is 0.480 e. The van der Waals surface area contributed by atoms with E-state index >= 15 is 0 Å². The molecule has 2 amide bonds. The number of hydrogen-bond donors (Lipinski definition) is 4. The van der Waals surface area contributed by atoms with Crippen LogP contribution in [0.15, 0.2) is 36.5 Å². The Morgan fingerprint density at radius 3 is 1.69 bits per heavy atom. The van der Waals surface area contributed by atoms with Crippen molar-refractivity contribution in [1.82, 2.24) is 10.6 Å². The summed E-state index contributed by atoms with van der Waals surface area (Å²) >= 11 is 0. The monoisotopic (exact) mass is 733 g/mol. The Labute approximate surface area is 316 Å². The van der Waals surface area contributed by atoms with Gasteiger partial charge in [-0.15, -0.1) is 0 Å². The van der Waals surface area contributed by atoms with Gasteiger partial charge in [-0.25, -0.2) is 4.79 Å². The Hall–Kier alpha value is -2.94. The second-order valence-corrected chi connectivity index (χ2v) is 14.1. The van der Waals surface area contributed by atoms with Crippen molar-refractivity contribution in [1.29, 1.82) is 0 Å². The number of carboxylic acids is 1. The van der Waals surface area contributed by atoms with Crippen molar-refractivity contribution >= 4 is 23.8 Å². The summed E-state index contributed by atoms with van der Waals surface area (Å²) in [5.41, 5.74) is 0. The Kier molecular flexibility index (Phi) is 35.7. The Balaban J connectivity index is 4.26. The number of carbonyl (C=O) groups excluding carboxylic acids is 3. The van der Waals surface area contributed by atoms with E-state index in [9.17, 15) is 19.2 Å². The molecule has 52 heavy (non-hydrogen) atoms. The van der Waals surface area contributed by atoms with Crippen LogP contribution < -0.4 is 10.6 Å². The highest BCUT2D eigenvalue weighted by Crippen LogP contribution is 2.15. The molecule has 0 aromatic carbocycles. The number of amides is 2. The van der Waals surface area contributed by atoms with E-state index in [0.29, 0.717) is 19.3 Å². The molecule has 0 aliphatic rings. The van der Waals surface area contributed by atoms with Gasteiger partial charge in [0.2, 0.25) is 11.8 Å². The lowest BCUT2D eigenvalue weighted by Crippen LogP contribution is -2.47. The third kappa shape index (κ3) is 34.2. The Morgan fingerprint density at radius 2 is 1.10 bits per heavy atom. The number of aliphatic carboxylic acids is 1. The average molecular weight is 733 g/mol. The number of rotatable bonds is 37. The van der Waals surface area contributed by atoms with Crippen molar-refractivity contribution in [3.63, 3.8) is 0 Å². The molecule has 0 rings (SSSR count). The van der Waals surface area contributed by atoms with Crippen LogP contribution in [0, 0.1) is 0 Å². The molecule has 0 spiro atoms. The molecular weight excluding hydrogens is 656 g/mol. The standard InChI is InChI=1S/C43H76N2O7/c1-3-5-7-9-11-13-14-15-16-17-18-19-21-27-31-35-42(49)52-38(32-28-24-20-12-10-8-6-4-2)33-29-25-22-23-26-30-34-40(47)44-36-41(48)45-39(37-46)43(50)51/h12,15-16,20,28,32,38-39,46H,3-11,13-14,17-19,21-27,29-31,33-37H2,1-2H3,(H,44,47)(H,45,48)(H,50,51)/b16-15-,20-12-,32-28-. The van der Waals surface area contributed by atoms with Crippen molar-refractivity contribution in [2.75, 3.05) is 13.2 Å². The van der Waals surface area contributed by atoms with Gasteiger partial charge >= 0.3 is 11.9 Å². The second-order valence-electron chi connectivity index (χ2n) is 14.1. The molecule has 0 heterocycles. The van der Waals surface area contributed by atoms with Crippen molar-refractivity contribution < 1.29 is 34.1 Å². The minimum Gasteiger partial charge on any atom is -0.480 e. The quantitative estimate of drug-likeness (QED) is 0.0283. The average Bonchev–Trinajstić information content (AvgIpc) is 3.13. The minimum atomic E-state index is -1.38. The lowest BCUT2D eigenvalue weighted by Gasteiger charge is -2.15. The van der Waals surface area contributed by atoms with Gasteiger partial charge in [-0.3, -0.25) is 14.4 Å². The first-order valence-electron chi connectivity index (χ1n) is 20.9. The van der Waals surface area contributed by atoms with Crippen LogP contribution in [0.4, 0.5) is 0 Å². The number of hydrogen-bond acceptors (Lipinski definition) is 6. The molecule has 0 radical (unpaired) electrons. The van der Waals surface area contributed by atoms with Crippen molar-refractivity contribution in [3.8, 4) is 0 Å². The van der Waals surface area contributed by atoms with Crippen LogP contribution in [-0.2, 0) is 23.9 Å². The van der Waals surface area contributed by atoms with Crippen LogP contribution in [0.25, 0.3) is 0 Å². The highest BCUT2D eigenvalue weighted by Gasteiger charge is 2.18. The molecule has 2 atom stereocenters. The summed E-state index contributed by atoms with van der Waals surface area (Å²) in [5.74, 6) is -2.36. The zero-order valence-electron chi connectivity index (χ0n) is 33.1. The molecular formula is C43H76N2O7. The number of nitrogens with one attached hydrogen (secondary N) is 2. The molecule has 0 fully saturated rings. The maximum atomic E-state index is 12.7. The Morgan fingerprint density at radius 1 is 0.596 bits per heavy atom. The fourth-order valence-electron chi connectivity index (χ4n) is 5.83. The molecule has 0 saturated heterocycles. The molecule has 0 bridgehead atoms. The highest BCUT2D eigenvalue weighted by molar-refractivity contribution is 5.87. The summed E-state index contributed by atoms with van der Waals surface area (Å²) in [4.78, 5) is 47.3. The molecule has 9 nitrogen and oxygen atoms in total. The first-order chi connectivity index (χ1) is 25.3. The van der Waals surface area contributed by atoms with Crippen molar-refractivity contribution in [2.45, 2.75) is 199 Å². The number of carboxylic acid groups (broad SMARTS) is 1. The van der Waals surface area contributed by atoms with E-state index in [-0.39, 0.29) is 24.5 Å². The van der Waals surface area contributed by atoms with Crippen LogP contribution in [0.1, 0.15) is 187 Å². The van der Waals surface area contributed by atoms with E-state index in [1.165, 1.54) is 77.0 Å². The van der Waals surface area contributed by atoms with Gasteiger partial charge in [0, 0.05) is 12.8 Å². The summed E-state index contributed by atoms with van der Waals surface area (Å²) in [6.45, 7) is 3.43. The predicted octanol–water partition coefficient (Wildman–Crippen LogP) is 9.82. The summed E-state index contributed by atoms with van der Waals surface area (Å²) in [6.07, 6.45) is 41.9. The van der Waals surface area contributed by atoms with E-state index in [0.717, 1.165) is 77.0 Å². The van der Waals surface area contributed by atoms with Crippen LogP contribution in [0.5, 0.6) is 0 Å². The number of aliphatic hydroxyl groups excluding tert-OH is 1. The highest BCUT2D eigenvalue weighted by atomic mass is 16.5. The first kappa shape index (κ1) is 49.1. The molecule has 0 aromatic rings. The van der Waals surface area contributed by atoms with Gasteiger partial charge in [0.25, 0.3) is 0 Å². The van der Waals surface area contributed by atoms with Gasteiger partial charge in [-0.1, -0.05) is 134 Å². The third-order valence-corrected chi connectivity index (χ3v) is 9.09. The first-order valence-corrected chi connectivity index (χ1v) is 20.9. The second kappa shape index (κ2) is 37.8. The van der Waals surface area contributed by atoms with Gasteiger partial charge in [-0.05, 0) is 76.7 Å². The van der Waals surface area contributed by atoms with Gasteiger partial charge in [0.05, 0.1) is 13.2 Å². The molecule has 0 aromatic heterocycles. The topological polar surface area (TPSA) is 142 Å². The normalized spacial score (nSPS) is 12.8. The molecule has 4 N–H and O–H groups in total. The zero-order valence-corrected chi connectivity index (χ0v) is 33.1. The molecule has 300 valence electrons. The number of unbranched alkanes of at least 4 members (excludes halogenated alkanes) is 19. The molecule has 2 unspecified atom stereocenters. The van der Waals surface area contributed by atoms with Gasteiger partial charge in [-0.2, -0.15) is 0 Å². The minimum absolute atomic E-state index is 0.103.